The van der Waals surface area contributed by atoms with Crippen LogP contribution < -0.4 is 5.73 Å². The molecule has 3 heteroatoms. The highest BCUT2D eigenvalue weighted by Crippen LogP contribution is 2.40. The van der Waals surface area contributed by atoms with Crippen LogP contribution in [0.25, 0.3) is 0 Å². The molecule has 0 amide bonds. The summed E-state index contributed by atoms with van der Waals surface area (Å²) in [6, 6.07) is 1.38. The van der Waals surface area contributed by atoms with Crippen LogP contribution in [0, 0.1) is 0 Å². The Morgan fingerprint density at radius 3 is 2.88 bits per heavy atom. The average molecular weight is 239 g/mol. The van der Waals surface area contributed by atoms with Gasteiger partial charge in [-0.2, -0.15) is 0 Å². The molecule has 100 valence electrons. The minimum Gasteiger partial charge on any atom is -0.329 e. The maximum atomic E-state index is 6.19. The topological polar surface area (TPSA) is 32.5 Å². The van der Waals surface area contributed by atoms with Crippen molar-refractivity contribution in [1.82, 2.24) is 9.80 Å². The highest BCUT2D eigenvalue weighted by Gasteiger charge is 2.51. The summed E-state index contributed by atoms with van der Waals surface area (Å²) in [7, 11) is 2.30. The van der Waals surface area contributed by atoms with Crippen LogP contribution in [-0.4, -0.2) is 54.1 Å². The van der Waals surface area contributed by atoms with E-state index in [2.05, 4.69) is 30.7 Å². The number of nitrogens with two attached hydrogens (primary N) is 1. The molecule has 2 aliphatic heterocycles. The van der Waals surface area contributed by atoms with Gasteiger partial charge in [0.1, 0.15) is 0 Å². The summed E-state index contributed by atoms with van der Waals surface area (Å²) < 4.78 is 0. The van der Waals surface area contributed by atoms with Crippen LogP contribution in [0.5, 0.6) is 0 Å². The van der Waals surface area contributed by atoms with Gasteiger partial charge in [0.2, 0.25) is 0 Å². The first kappa shape index (κ1) is 13.3. The van der Waals surface area contributed by atoms with Gasteiger partial charge < -0.3 is 5.73 Å². The van der Waals surface area contributed by atoms with E-state index >= 15 is 0 Å². The van der Waals surface area contributed by atoms with E-state index in [4.69, 9.17) is 5.73 Å². The first-order chi connectivity index (χ1) is 8.15. The molecular formula is C14H29N3. The third kappa shape index (κ3) is 2.13. The highest BCUT2D eigenvalue weighted by atomic mass is 15.3. The van der Waals surface area contributed by atoms with Crippen LogP contribution in [-0.2, 0) is 0 Å². The van der Waals surface area contributed by atoms with Crippen LogP contribution in [0.1, 0.15) is 46.0 Å². The highest BCUT2D eigenvalue weighted by molar-refractivity contribution is 5.09. The summed E-state index contributed by atoms with van der Waals surface area (Å²) in [5.41, 5.74) is 6.45. The zero-order valence-corrected chi connectivity index (χ0v) is 11.8. The lowest BCUT2D eigenvalue weighted by atomic mass is 9.85. The summed E-state index contributed by atoms with van der Waals surface area (Å²) in [4.78, 5) is 5.27. The SMILES string of the molecule is CCCC(C)N(C)C1(CN)CCN2CCCC21. The second kappa shape index (κ2) is 5.25. The van der Waals surface area contributed by atoms with Gasteiger partial charge >= 0.3 is 0 Å². The van der Waals surface area contributed by atoms with Crippen molar-refractivity contribution in [1.29, 1.82) is 0 Å². The largest absolute Gasteiger partial charge is 0.329 e. The van der Waals surface area contributed by atoms with Gasteiger partial charge in [0.05, 0.1) is 0 Å². The van der Waals surface area contributed by atoms with E-state index in [1.165, 1.54) is 45.2 Å². The molecule has 3 atom stereocenters. The maximum absolute atomic E-state index is 6.19. The second-order valence-electron chi connectivity index (χ2n) is 6.00. The van der Waals surface area contributed by atoms with Crippen LogP contribution in [0.3, 0.4) is 0 Å². The predicted octanol–water partition coefficient (Wildman–Crippen LogP) is 1.67. The Kier molecular flexibility index (Phi) is 4.11. The van der Waals surface area contributed by atoms with Crippen LogP contribution in [0.2, 0.25) is 0 Å². The van der Waals surface area contributed by atoms with Gasteiger partial charge in [0, 0.05) is 30.7 Å². The molecule has 0 saturated carbocycles. The normalized spacial score (nSPS) is 35.5. The molecule has 0 aromatic heterocycles. The molecule has 0 aromatic rings. The molecule has 3 nitrogen and oxygen atoms in total. The number of hydrogen-bond acceptors (Lipinski definition) is 3. The summed E-state index contributed by atoms with van der Waals surface area (Å²) in [5, 5.41) is 0. The van der Waals surface area contributed by atoms with Crippen molar-refractivity contribution >= 4 is 0 Å². The molecule has 0 bridgehead atoms. The number of fused-ring (bicyclic) bond motifs is 1. The first-order valence-electron chi connectivity index (χ1n) is 7.32. The van der Waals surface area contributed by atoms with Crippen LogP contribution >= 0.6 is 0 Å². The summed E-state index contributed by atoms with van der Waals surface area (Å²) in [5.74, 6) is 0. The van der Waals surface area contributed by atoms with Gasteiger partial charge in [0.15, 0.2) is 0 Å². The summed E-state index contributed by atoms with van der Waals surface area (Å²) in [6.07, 6.45) is 6.52. The number of hydrogen-bond donors (Lipinski definition) is 1. The van der Waals surface area contributed by atoms with E-state index in [1.807, 2.05) is 0 Å². The lowest BCUT2D eigenvalue weighted by molar-refractivity contribution is 0.0540. The third-order valence-electron chi connectivity index (χ3n) is 5.24. The molecule has 2 rings (SSSR count). The molecule has 2 N–H and O–H groups in total. The van der Waals surface area contributed by atoms with Crippen molar-refractivity contribution in [2.75, 3.05) is 26.7 Å². The molecule has 2 fully saturated rings. The fourth-order valence-electron chi connectivity index (χ4n) is 4.05. The van der Waals surface area contributed by atoms with Gasteiger partial charge in [-0.15, -0.1) is 0 Å². The molecule has 17 heavy (non-hydrogen) atoms. The molecule has 0 radical (unpaired) electrons. The van der Waals surface area contributed by atoms with E-state index in [9.17, 15) is 0 Å². The Balaban J connectivity index is 2.13. The van der Waals surface area contributed by atoms with Crippen molar-refractivity contribution in [2.45, 2.75) is 63.6 Å². The Labute approximate surface area is 106 Å². The molecule has 2 heterocycles. The van der Waals surface area contributed by atoms with Crippen molar-refractivity contribution in [3.8, 4) is 0 Å². The molecule has 3 unspecified atom stereocenters. The molecule has 0 aliphatic carbocycles. The van der Waals surface area contributed by atoms with E-state index < -0.39 is 0 Å². The Morgan fingerprint density at radius 1 is 1.47 bits per heavy atom. The van der Waals surface area contributed by atoms with E-state index in [1.54, 1.807) is 0 Å². The van der Waals surface area contributed by atoms with Crippen LogP contribution in [0.15, 0.2) is 0 Å². The predicted molar refractivity (Wildman–Crippen MR) is 73.1 cm³/mol. The van der Waals surface area contributed by atoms with Gasteiger partial charge in [0.25, 0.3) is 0 Å². The van der Waals surface area contributed by atoms with Gasteiger partial charge in [-0.05, 0) is 46.2 Å². The molecule has 0 spiro atoms. The molecular weight excluding hydrogens is 210 g/mol. The smallest absolute Gasteiger partial charge is 0.0498 e. The van der Waals surface area contributed by atoms with Crippen molar-refractivity contribution in [3.63, 3.8) is 0 Å². The minimum absolute atomic E-state index is 0.255. The minimum atomic E-state index is 0.255. The fourth-order valence-corrected chi connectivity index (χ4v) is 4.05. The third-order valence-corrected chi connectivity index (χ3v) is 5.24. The standard InChI is InChI=1S/C14H29N3/c1-4-6-12(2)16(3)14(11-15)8-10-17-9-5-7-13(14)17/h12-13H,4-11,15H2,1-3H3. The molecule has 2 saturated heterocycles. The van der Waals surface area contributed by atoms with Crippen molar-refractivity contribution in [2.24, 2.45) is 5.73 Å². The lowest BCUT2D eigenvalue weighted by Gasteiger charge is -2.45. The van der Waals surface area contributed by atoms with E-state index in [-0.39, 0.29) is 5.54 Å². The van der Waals surface area contributed by atoms with Crippen LogP contribution in [0.4, 0.5) is 0 Å². The monoisotopic (exact) mass is 239 g/mol. The van der Waals surface area contributed by atoms with Crippen molar-refractivity contribution in [3.05, 3.63) is 0 Å². The number of nitrogens with zero attached hydrogens (tertiary/aromatic N) is 2. The van der Waals surface area contributed by atoms with E-state index in [0.717, 1.165) is 12.6 Å². The lowest BCUT2D eigenvalue weighted by Crippen LogP contribution is -2.60. The first-order valence-corrected chi connectivity index (χ1v) is 7.32. The number of rotatable bonds is 5. The molecule has 0 aromatic carbocycles. The van der Waals surface area contributed by atoms with Gasteiger partial charge in [-0.1, -0.05) is 13.3 Å². The Bertz CT molecular complexity index is 256. The Morgan fingerprint density at radius 2 is 2.24 bits per heavy atom. The summed E-state index contributed by atoms with van der Waals surface area (Å²) >= 11 is 0. The zero-order chi connectivity index (χ0) is 12.5. The van der Waals surface area contributed by atoms with Gasteiger partial charge in [-0.3, -0.25) is 9.80 Å². The molecule has 2 aliphatic rings. The quantitative estimate of drug-likeness (QED) is 0.792. The fraction of sp³-hybridized carbons (Fsp3) is 1.00. The van der Waals surface area contributed by atoms with Gasteiger partial charge in [-0.25, -0.2) is 0 Å². The number of likely N-dealkylation sites (N-methyl/N-ethyl adjacent to an activating group) is 1. The van der Waals surface area contributed by atoms with Crippen molar-refractivity contribution < 1.29 is 0 Å². The average Bonchev–Trinajstić information content (AvgIpc) is 2.90. The summed E-state index contributed by atoms with van der Waals surface area (Å²) in [6.45, 7) is 8.00. The zero-order valence-electron chi connectivity index (χ0n) is 11.8. The maximum Gasteiger partial charge on any atom is 0.0498 e. The van der Waals surface area contributed by atoms with E-state index in [0.29, 0.717) is 6.04 Å². The second-order valence-corrected chi connectivity index (χ2v) is 6.00. The Hall–Kier alpha value is -0.120.